The molecule has 2 aromatic heterocycles. The average Bonchev–Trinajstić information content (AvgIpc) is 2.91. The molecule has 0 aliphatic rings. The van der Waals surface area contributed by atoms with Gasteiger partial charge in [0.05, 0.1) is 17.9 Å². The van der Waals surface area contributed by atoms with Crippen molar-refractivity contribution >= 4 is 11.3 Å². The van der Waals surface area contributed by atoms with Crippen molar-refractivity contribution in [2.45, 2.75) is 32.4 Å². The molecular weight excluding hydrogens is 249 g/mol. The van der Waals surface area contributed by atoms with Crippen LogP contribution in [0.4, 0.5) is 4.39 Å². The minimum atomic E-state index is -0.304. The number of thiazole rings is 1. The molecule has 2 rings (SSSR count). The Morgan fingerprint density at radius 2 is 2.22 bits per heavy atom. The summed E-state index contributed by atoms with van der Waals surface area (Å²) in [6, 6.07) is 3.46. The first-order valence-corrected chi connectivity index (χ1v) is 6.85. The van der Waals surface area contributed by atoms with Crippen molar-refractivity contribution in [3.8, 4) is 0 Å². The van der Waals surface area contributed by atoms with Crippen molar-refractivity contribution in [3.63, 3.8) is 0 Å². The fraction of sp³-hybridized carbons (Fsp3) is 0.385. The average molecular weight is 265 g/mol. The number of nitrogens with zero attached hydrogens (tertiary/aromatic N) is 2. The smallest absolute Gasteiger partial charge is 0.141 e. The second-order valence-electron chi connectivity index (χ2n) is 4.12. The van der Waals surface area contributed by atoms with Crippen LogP contribution in [-0.2, 0) is 0 Å². The van der Waals surface area contributed by atoms with Gasteiger partial charge in [0.25, 0.3) is 0 Å². The topological polar surface area (TPSA) is 37.8 Å². The van der Waals surface area contributed by atoms with E-state index in [1.54, 1.807) is 23.6 Å². The highest BCUT2D eigenvalue weighted by molar-refractivity contribution is 7.09. The minimum Gasteiger partial charge on any atom is -0.300 e. The van der Waals surface area contributed by atoms with Gasteiger partial charge in [-0.1, -0.05) is 6.92 Å². The Hall–Kier alpha value is -1.33. The van der Waals surface area contributed by atoms with Crippen molar-refractivity contribution in [3.05, 3.63) is 46.4 Å². The fourth-order valence-electron chi connectivity index (χ4n) is 1.83. The molecule has 0 aromatic carbocycles. The van der Waals surface area contributed by atoms with E-state index in [4.69, 9.17) is 0 Å². The van der Waals surface area contributed by atoms with Crippen molar-refractivity contribution in [2.75, 3.05) is 0 Å². The molecule has 1 N–H and O–H groups in total. The number of pyridine rings is 1. The van der Waals surface area contributed by atoms with E-state index in [1.807, 2.05) is 5.38 Å². The molecule has 2 unspecified atom stereocenters. The molecule has 0 spiro atoms. The maximum atomic E-state index is 12.8. The molecular formula is C13H16FN3S. The molecule has 0 saturated carbocycles. The Kier molecular flexibility index (Phi) is 4.38. The molecule has 0 aliphatic carbocycles. The Morgan fingerprint density at radius 1 is 1.39 bits per heavy atom. The Balaban J connectivity index is 2.07. The number of nitrogens with one attached hydrogen (secondary N) is 1. The highest BCUT2D eigenvalue weighted by Crippen LogP contribution is 2.22. The largest absolute Gasteiger partial charge is 0.300 e. The van der Waals surface area contributed by atoms with Crippen LogP contribution in [0.5, 0.6) is 0 Å². The lowest BCUT2D eigenvalue weighted by molar-refractivity contribution is 0.446. The van der Waals surface area contributed by atoms with Crippen molar-refractivity contribution < 1.29 is 4.39 Å². The lowest BCUT2D eigenvalue weighted by Crippen LogP contribution is -2.24. The van der Waals surface area contributed by atoms with Gasteiger partial charge >= 0.3 is 0 Å². The van der Waals surface area contributed by atoms with Gasteiger partial charge in [-0.25, -0.2) is 9.37 Å². The summed E-state index contributed by atoms with van der Waals surface area (Å²) in [6.45, 7) is 4.16. The third-order valence-electron chi connectivity index (χ3n) is 2.79. The Labute approximate surface area is 110 Å². The third kappa shape index (κ3) is 3.11. The second kappa shape index (κ2) is 6.02. The number of hydrogen-bond donors (Lipinski definition) is 1. The van der Waals surface area contributed by atoms with E-state index < -0.39 is 0 Å². The predicted molar refractivity (Wildman–Crippen MR) is 70.9 cm³/mol. The van der Waals surface area contributed by atoms with Crippen molar-refractivity contribution in [2.24, 2.45) is 0 Å². The first-order chi connectivity index (χ1) is 8.70. The molecule has 0 fully saturated rings. The molecule has 0 saturated heterocycles. The molecule has 0 radical (unpaired) electrons. The van der Waals surface area contributed by atoms with Gasteiger partial charge < -0.3 is 0 Å². The molecule has 2 atom stereocenters. The molecule has 5 heteroatoms. The summed E-state index contributed by atoms with van der Waals surface area (Å²) in [5.74, 6) is -0.304. The van der Waals surface area contributed by atoms with Gasteiger partial charge in [-0.05, 0) is 25.5 Å². The zero-order valence-electron chi connectivity index (χ0n) is 10.4. The number of aromatic nitrogens is 2. The van der Waals surface area contributed by atoms with E-state index in [0.29, 0.717) is 0 Å². The number of hydrogen-bond acceptors (Lipinski definition) is 4. The summed E-state index contributed by atoms with van der Waals surface area (Å²) in [4.78, 5) is 8.42. The van der Waals surface area contributed by atoms with Crippen LogP contribution in [0.25, 0.3) is 0 Å². The highest BCUT2D eigenvalue weighted by Gasteiger charge is 2.16. The third-order valence-corrected chi connectivity index (χ3v) is 3.75. The summed E-state index contributed by atoms with van der Waals surface area (Å²) >= 11 is 1.63. The van der Waals surface area contributed by atoms with Crippen LogP contribution >= 0.6 is 11.3 Å². The molecule has 2 aromatic rings. The van der Waals surface area contributed by atoms with E-state index in [1.165, 1.54) is 12.3 Å². The van der Waals surface area contributed by atoms with Crippen molar-refractivity contribution in [1.29, 1.82) is 0 Å². The minimum absolute atomic E-state index is 0.115. The summed E-state index contributed by atoms with van der Waals surface area (Å²) in [5.41, 5.74) is 0.863. The first kappa shape index (κ1) is 13.1. The van der Waals surface area contributed by atoms with E-state index in [9.17, 15) is 4.39 Å². The second-order valence-corrected chi connectivity index (χ2v) is 5.05. The van der Waals surface area contributed by atoms with E-state index in [2.05, 4.69) is 29.1 Å². The maximum Gasteiger partial charge on any atom is 0.141 e. The SMILES string of the molecule is CCC(NC(C)c1nccs1)c1ccc(F)cn1. The van der Waals surface area contributed by atoms with Gasteiger partial charge in [0.15, 0.2) is 0 Å². The predicted octanol–water partition coefficient (Wildman–Crippen LogP) is 3.48. The quantitative estimate of drug-likeness (QED) is 0.899. The molecule has 18 heavy (non-hydrogen) atoms. The fourth-order valence-corrected chi connectivity index (χ4v) is 2.48. The number of rotatable bonds is 5. The summed E-state index contributed by atoms with van der Waals surface area (Å²) in [5, 5.41) is 6.48. The van der Waals surface area contributed by atoms with Gasteiger partial charge in [0, 0.05) is 17.6 Å². The Bertz CT molecular complexity index is 469. The van der Waals surface area contributed by atoms with Crippen LogP contribution in [0, 0.1) is 5.82 Å². The molecule has 2 heterocycles. The van der Waals surface area contributed by atoms with Gasteiger partial charge in [-0.3, -0.25) is 10.3 Å². The van der Waals surface area contributed by atoms with Crippen LogP contribution in [0.2, 0.25) is 0 Å². The van der Waals surface area contributed by atoms with Gasteiger partial charge in [0.2, 0.25) is 0 Å². The maximum absolute atomic E-state index is 12.8. The van der Waals surface area contributed by atoms with Crippen LogP contribution in [0.3, 0.4) is 0 Å². The lowest BCUT2D eigenvalue weighted by atomic mass is 10.1. The summed E-state index contributed by atoms with van der Waals surface area (Å²) in [6.07, 6.45) is 3.96. The van der Waals surface area contributed by atoms with E-state index in [-0.39, 0.29) is 17.9 Å². The zero-order chi connectivity index (χ0) is 13.0. The van der Waals surface area contributed by atoms with Crippen molar-refractivity contribution in [1.82, 2.24) is 15.3 Å². The first-order valence-electron chi connectivity index (χ1n) is 5.97. The van der Waals surface area contributed by atoms with Crippen LogP contribution in [0.1, 0.15) is 43.1 Å². The number of halogens is 1. The van der Waals surface area contributed by atoms with E-state index in [0.717, 1.165) is 17.1 Å². The molecule has 3 nitrogen and oxygen atoms in total. The molecule has 0 amide bonds. The molecule has 0 bridgehead atoms. The standard InChI is InChI=1S/C13H16FN3S/c1-3-11(12-5-4-10(14)8-16-12)17-9(2)13-15-6-7-18-13/h4-9,11,17H,3H2,1-2H3. The normalized spacial score (nSPS) is 14.4. The van der Waals surface area contributed by atoms with Crippen LogP contribution in [-0.4, -0.2) is 9.97 Å². The molecule has 0 aliphatic heterocycles. The van der Waals surface area contributed by atoms with Gasteiger partial charge in [0.1, 0.15) is 10.8 Å². The van der Waals surface area contributed by atoms with Gasteiger partial charge in [-0.15, -0.1) is 11.3 Å². The van der Waals surface area contributed by atoms with Crippen LogP contribution in [0.15, 0.2) is 29.9 Å². The monoisotopic (exact) mass is 265 g/mol. The van der Waals surface area contributed by atoms with E-state index >= 15 is 0 Å². The highest BCUT2D eigenvalue weighted by atomic mass is 32.1. The summed E-state index contributed by atoms with van der Waals surface area (Å²) < 4.78 is 12.8. The zero-order valence-corrected chi connectivity index (χ0v) is 11.2. The van der Waals surface area contributed by atoms with Gasteiger partial charge in [-0.2, -0.15) is 0 Å². The molecule has 96 valence electrons. The Morgan fingerprint density at radius 3 is 2.78 bits per heavy atom. The lowest BCUT2D eigenvalue weighted by Gasteiger charge is -2.20. The summed E-state index contributed by atoms with van der Waals surface area (Å²) in [7, 11) is 0. The van der Waals surface area contributed by atoms with Crippen LogP contribution < -0.4 is 5.32 Å².